The minimum absolute atomic E-state index is 0.210. The SMILES string of the molecule is CCCC(=O)Cc1ncnc(OC)c1C. The van der Waals surface area contributed by atoms with Crippen molar-refractivity contribution >= 4 is 5.78 Å². The number of ketones is 1. The second kappa shape index (κ2) is 5.44. The Hall–Kier alpha value is -1.45. The Balaban J connectivity index is 2.81. The fourth-order valence-electron chi connectivity index (χ4n) is 1.41. The van der Waals surface area contributed by atoms with Gasteiger partial charge in [-0.2, -0.15) is 0 Å². The van der Waals surface area contributed by atoms with Crippen LogP contribution in [0.1, 0.15) is 31.0 Å². The van der Waals surface area contributed by atoms with Crippen LogP contribution in [0.4, 0.5) is 0 Å². The molecular weight excluding hydrogens is 192 g/mol. The molecule has 0 saturated heterocycles. The lowest BCUT2D eigenvalue weighted by Gasteiger charge is -2.06. The van der Waals surface area contributed by atoms with Gasteiger partial charge in [-0.25, -0.2) is 9.97 Å². The van der Waals surface area contributed by atoms with E-state index >= 15 is 0 Å². The van der Waals surface area contributed by atoms with Crippen molar-refractivity contribution in [3.63, 3.8) is 0 Å². The van der Waals surface area contributed by atoms with Gasteiger partial charge < -0.3 is 4.74 Å². The highest BCUT2D eigenvalue weighted by molar-refractivity contribution is 5.80. The molecule has 82 valence electrons. The number of carbonyl (C=O) groups excluding carboxylic acids is 1. The van der Waals surface area contributed by atoms with Crippen molar-refractivity contribution in [2.75, 3.05) is 7.11 Å². The fraction of sp³-hybridized carbons (Fsp3) is 0.545. The summed E-state index contributed by atoms with van der Waals surface area (Å²) in [6.45, 7) is 3.86. The van der Waals surface area contributed by atoms with Gasteiger partial charge in [0.05, 0.1) is 12.8 Å². The molecule has 0 aliphatic heterocycles. The summed E-state index contributed by atoms with van der Waals surface area (Å²) < 4.78 is 5.06. The minimum atomic E-state index is 0.210. The van der Waals surface area contributed by atoms with Crippen molar-refractivity contribution in [3.8, 4) is 5.88 Å². The summed E-state index contributed by atoms with van der Waals surface area (Å²) in [4.78, 5) is 19.5. The average molecular weight is 208 g/mol. The number of carbonyl (C=O) groups is 1. The molecule has 0 aliphatic carbocycles. The molecule has 0 fully saturated rings. The summed E-state index contributed by atoms with van der Waals surface area (Å²) in [6, 6.07) is 0. The number of nitrogens with zero attached hydrogens (tertiary/aromatic N) is 2. The molecule has 1 heterocycles. The normalized spacial score (nSPS) is 10.1. The van der Waals surface area contributed by atoms with Crippen LogP contribution in [-0.4, -0.2) is 22.9 Å². The first-order valence-corrected chi connectivity index (χ1v) is 5.05. The maximum atomic E-state index is 11.5. The van der Waals surface area contributed by atoms with Crippen molar-refractivity contribution in [1.82, 2.24) is 9.97 Å². The van der Waals surface area contributed by atoms with Gasteiger partial charge in [-0.3, -0.25) is 4.79 Å². The maximum Gasteiger partial charge on any atom is 0.219 e. The van der Waals surface area contributed by atoms with Crippen LogP contribution in [-0.2, 0) is 11.2 Å². The molecule has 0 aliphatic rings. The van der Waals surface area contributed by atoms with Crippen molar-refractivity contribution in [3.05, 3.63) is 17.6 Å². The number of hydrogen-bond donors (Lipinski definition) is 0. The Morgan fingerprint density at radius 2 is 2.20 bits per heavy atom. The highest BCUT2D eigenvalue weighted by Gasteiger charge is 2.10. The van der Waals surface area contributed by atoms with Gasteiger partial charge in [-0.15, -0.1) is 0 Å². The Morgan fingerprint density at radius 1 is 1.47 bits per heavy atom. The first-order chi connectivity index (χ1) is 7.19. The molecule has 0 aromatic carbocycles. The molecule has 1 aromatic heterocycles. The maximum absolute atomic E-state index is 11.5. The summed E-state index contributed by atoms with van der Waals surface area (Å²) in [6.07, 6.45) is 3.28. The summed E-state index contributed by atoms with van der Waals surface area (Å²) in [5.41, 5.74) is 1.62. The quantitative estimate of drug-likeness (QED) is 0.739. The van der Waals surface area contributed by atoms with E-state index in [1.807, 2.05) is 13.8 Å². The molecule has 0 N–H and O–H groups in total. The van der Waals surface area contributed by atoms with E-state index in [1.165, 1.54) is 6.33 Å². The van der Waals surface area contributed by atoms with Crippen molar-refractivity contribution in [2.45, 2.75) is 33.1 Å². The van der Waals surface area contributed by atoms with Crippen molar-refractivity contribution < 1.29 is 9.53 Å². The number of rotatable bonds is 5. The lowest BCUT2D eigenvalue weighted by molar-refractivity contribution is -0.118. The number of hydrogen-bond acceptors (Lipinski definition) is 4. The van der Waals surface area contributed by atoms with Crippen LogP contribution in [0.25, 0.3) is 0 Å². The highest BCUT2D eigenvalue weighted by Crippen LogP contribution is 2.16. The third-order valence-corrected chi connectivity index (χ3v) is 2.23. The standard InChI is InChI=1S/C11H16N2O2/c1-4-5-9(14)6-10-8(2)11(15-3)13-7-12-10/h7H,4-6H2,1-3H3. The lowest BCUT2D eigenvalue weighted by Crippen LogP contribution is -2.07. The molecule has 0 radical (unpaired) electrons. The number of Topliss-reactive ketones (excluding diaryl/α,β-unsaturated/α-hetero) is 1. The Kier molecular flexibility index (Phi) is 4.21. The molecule has 1 rings (SSSR count). The average Bonchev–Trinajstić information content (AvgIpc) is 2.21. The summed E-state index contributed by atoms with van der Waals surface area (Å²) in [7, 11) is 1.56. The van der Waals surface area contributed by atoms with Gasteiger partial charge in [0.15, 0.2) is 0 Å². The predicted octanol–water partition coefficient (Wildman–Crippen LogP) is 1.71. The molecule has 0 amide bonds. The van der Waals surface area contributed by atoms with E-state index in [1.54, 1.807) is 7.11 Å². The van der Waals surface area contributed by atoms with E-state index in [-0.39, 0.29) is 5.78 Å². The fourth-order valence-corrected chi connectivity index (χ4v) is 1.41. The zero-order valence-electron chi connectivity index (χ0n) is 9.41. The van der Waals surface area contributed by atoms with Crippen LogP contribution in [0.2, 0.25) is 0 Å². The van der Waals surface area contributed by atoms with Gasteiger partial charge in [-0.1, -0.05) is 6.92 Å². The Bertz CT molecular complexity index is 350. The third-order valence-electron chi connectivity index (χ3n) is 2.23. The molecule has 0 atom stereocenters. The van der Waals surface area contributed by atoms with E-state index in [4.69, 9.17) is 4.74 Å². The van der Waals surface area contributed by atoms with Gasteiger partial charge in [0.1, 0.15) is 12.1 Å². The molecular formula is C11H16N2O2. The largest absolute Gasteiger partial charge is 0.481 e. The van der Waals surface area contributed by atoms with E-state index in [2.05, 4.69) is 9.97 Å². The molecule has 1 aromatic rings. The van der Waals surface area contributed by atoms with Gasteiger partial charge in [0.25, 0.3) is 0 Å². The zero-order chi connectivity index (χ0) is 11.3. The van der Waals surface area contributed by atoms with Crippen LogP contribution in [0, 0.1) is 6.92 Å². The van der Waals surface area contributed by atoms with Crippen molar-refractivity contribution in [1.29, 1.82) is 0 Å². The molecule has 4 heteroatoms. The Morgan fingerprint density at radius 3 is 2.80 bits per heavy atom. The molecule has 4 nitrogen and oxygen atoms in total. The molecule has 0 bridgehead atoms. The van der Waals surface area contributed by atoms with E-state index < -0.39 is 0 Å². The monoisotopic (exact) mass is 208 g/mol. The predicted molar refractivity (Wildman–Crippen MR) is 56.9 cm³/mol. The minimum Gasteiger partial charge on any atom is -0.481 e. The van der Waals surface area contributed by atoms with Crippen LogP contribution in [0.15, 0.2) is 6.33 Å². The van der Waals surface area contributed by atoms with Crippen LogP contribution in [0.3, 0.4) is 0 Å². The lowest BCUT2D eigenvalue weighted by atomic mass is 10.1. The highest BCUT2D eigenvalue weighted by atomic mass is 16.5. The molecule has 0 saturated carbocycles. The number of aromatic nitrogens is 2. The third kappa shape index (κ3) is 3.01. The number of ether oxygens (including phenoxy) is 1. The molecule has 0 unspecified atom stereocenters. The first kappa shape index (κ1) is 11.6. The molecule has 15 heavy (non-hydrogen) atoms. The Labute approximate surface area is 89.7 Å². The second-order valence-electron chi connectivity index (χ2n) is 3.42. The van der Waals surface area contributed by atoms with Crippen LogP contribution in [0.5, 0.6) is 5.88 Å². The van der Waals surface area contributed by atoms with Gasteiger partial charge in [0.2, 0.25) is 5.88 Å². The van der Waals surface area contributed by atoms with Gasteiger partial charge in [0, 0.05) is 18.4 Å². The summed E-state index contributed by atoms with van der Waals surface area (Å²) in [5, 5.41) is 0. The van der Waals surface area contributed by atoms with Crippen LogP contribution >= 0.6 is 0 Å². The summed E-state index contributed by atoms with van der Waals surface area (Å²) >= 11 is 0. The second-order valence-corrected chi connectivity index (χ2v) is 3.42. The zero-order valence-corrected chi connectivity index (χ0v) is 9.41. The van der Waals surface area contributed by atoms with E-state index in [0.29, 0.717) is 18.7 Å². The van der Waals surface area contributed by atoms with Gasteiger partial charge in [-0.05, 0) is 13.3 Å². The molecule has 0 spiro atoms. The van der Waals surface area contributed by atoms with Crippen molar-refractivity contribution in [2.24, 2.45) is 0 Å². The summed E-state index contributed by atoms with van der Waals surface area (Å²) in [5.74, 6) is 0.755. The smallest absolute Gasteiger partial charge is 0.219 e. The van der Waals surface area contributed by atoms with E-state index in [0.717, 1.165) is 17.7 Å². The van der Waals surface area contributed by atoms with Crippen LogP contribution < -0.4 is 4.74 Å². The topological polar surface area (TPSA) is 52.1 Å². The first-order valence-electron chi connectivity index (χ1n) is 5.05. The van der Waals surface area contributed by atoms with E-state index in [9.17, 15) is 4.79 Å². The number of methoxy groups -OCH3 is 1. The van der Waals surface area contributed by atoms with Gasteiger partial charge >= 0.3 is 0 Å².